The van der Waals surface area contributed by atoms with Crippen molar-refractivity contribution in [1.82, 2.24) is 15.1 Å². The lowest BCUT2D eigenvalue weighted by Gasteiger charge is -2.07. The lowest BCUT2D eigenvalue weighted by Crippen LogP contribution is -2.25. The van der Waals surface area contributed by atoms with Gasteiger partial charge in [-0.2, -0.15) is 10.4 Å². The van der Waals surface area contributed by atoms with Crippen molar-refractivity contribution < 1.29 is 4.74 Å². The van der Waals surface area contributed by atoms with Crippen molar-refractivity contribution in [2.75, 3.05) is 19.7 Å². The summed E-state index contributed by atoms with van der Waals surface area (Å²) >= 11 is 0. The molecule has 0 unspecified atom stereocenters. The molecule has 104 valence electrons. The monoisotopic (exact) mass is 270 g/mol. The number of hydrogen-bond acceptors (Lipinski definition) is 4. The highest BCUT2D eigenvalue weighted by molar-refractivity contribution is 5.34. The van der Waals surface area contributed by atoms with Crippen LogP contribution in [-0.4, -0.2) is 29.5 Å². The van der Waals surface area contributed by atoms with E-state index in [1.54, 1.807) is 12.1 Å². The minimum absolute atomic E-state index is 0.601. The van der Waals surface area contributed by atoms with E-state index in [0.29, 0.717) is 12.2 Å². The van der Waals surface area contributed by atoms with E-state index in [1.807, 2.05) is 36.1 Å². The third-order valence-corrected chi connectivity index (χ3v) is 2.81. The van der Waals surface area contributed by atoms with E-state index >= 15 is 0 Å². The zero-order valence-corrected chi connectivity index (χ0v) is 11.5. The van der Waals surface area contributed by atoms with Crippen molar-refractivity contribution in [2.24, 2.45) is 0 Å². The second-order valence-electron chi connectivity index (χ2n) is 4.52. The third kappa shape index (κ3) is 4.41. The van der Waals surface area contributed by atoms with E-state index in [1.165, 1.54) is 5.56 Å². The fourth-order valence-electron chi connectivity index (χ4n) is 1.77. The second kappa shape index (κ2) is 7.31. The van der Waals surface area contributed by atoms with Gasteiger partial charge in [-0.1, -0.05) is 0 Å². The van der Waals surface area contributed by atoms with Crippen LogP contribution in [0.15, 0.2) is 36.7 Å². The van der Waals surface area contributed by atoms with Crippen LogP contribution in [0.25, 0.3) is 0 Å². The third-order valence-electron chi connectivity index (χ3n) is 2.81. The van der Waals surface area contributed by atoms with Gasteiger partial charge in [-0.15, -0.1) is 0 Å². The number of nitriles is 1. The Morgan fingerprint density at radius 3 is 2.75 bits per heavy atom. The average molecular weight is 270 g/mol. The summed E-state index contributed by atoms with van der Waals surface area (Å²) in [5, 5.41) is 16.2. The first-order valence-electron chi connectivity index (χ1n) is 6.60. The number of aryl methyl sites for hydroxylation is 1. The fourth-order valence-corrected chi connectivity index (χ4v) is 1.77. The summed E-state index contributed by atoms with van der Waals surface area (Å²) in [6.45, 7) is 5.12. The molecule has 1 aromatic heterocycles. The molecule has 5 nitrogen and oxygen atoms in total. The maximum atomic E-state index is 8.69. The normalized spacial score (nSPS) is 10.2. The first kappa shape index (κ1) is 14.1. The van der Waals surface area contributed by atoms with Gasteiger partial charge in [0.1, 0.15) is 12.4 Å². The Hall–Kier alpha value is -2.32. The van der Waals surface area contributed by atoms with Crippen molar-refractivity contribution in [3.8, 4) is 11.8 Å². The van der Waals surface area contributed by atoms with Crippen LogP contribution in [0.4, 0.5) is 0 Å². The molecular weight excluding hydrogens is 252 g/mol. The molecule has 1 aromatic carbocycles. The minimum atomic E-state index is 0.601. The van der Waals surface area contributed by atoms with E-state index in [0.717, 1.165) is 25.4 Å². The van der Waals surface area contributed by atoms with Gasteiger partial charge in [0.2, 0.25) is 0 Å². The number of aromatic nitrogens is 2. The molecule has 0 fully saturated rings. The minimum Gasteiger partial charge on any atom is -0.492 e. The zero-order valence-electron chi connectivity index (χ0n) is 11.5. The van der Waals surface area contributed by atoms with Gasteiger partial charge in [0.05, 0.1) is 24.4 Å². The highest BCUT2D eigenvalue weighted by Gasteiger charge is 1.96. The first-order valence-corrected chi connectivity index (χ1v) is 6.60. The van der Waals surface area contributed by atoms with E-state index in [4.69, 9.17) is 10.00 Å². The molecule has 0 saturated carbocycles. The van der Waals surface area contributed by atoms with Gasteiger partial charge in [0, 0.05) is 19.3 Å². The molecular formula is C15H18N4O. The fraction of sp³-hybridized carbons (Fsp3) is 0.333. The summed E-state index contributed by atoms with van der Waals surface area (Å²) in [6.07, 6.45) is 3.88. The Labute approximate surface area is 118 Å². The number of benzene rings is 1. The predicted octanol–water partition coefficient (Wildman–Crippen LogP) is 1.73. The van der Waals surface area contributed by atoms with E-state index in [9.17, 15) is 0 Å². The van der Waals surface area contributed by atoms with Crippen molar-refractivity contribution in [1.29, 1.82) is 5.26 Å². The molecule has 2 rings (SSSR count). The summed E-state index contributed by atoms with van der Waals surface area (Å²) in [6, 6.07) is 9.21. The largest absolute Gasteiger partial charge is 0.492 e. The van der Waals surface area contributed by atoms with Gasteiger partial charge in [-0.3, -0.25) is 4.68 Å². The van der Waals surface area contributed by atoms with E-state index in [2.05, 4.69) is 16.5 Å². The van der Waals surface area contributed by atoms with Crippen LogP contribution in [0.1, 0.15) is 11.1 Å². The van der Waals surface area contributed by atoms with Crippen LogP contribution in [0.5, 0.6) is 5.75 Å². The number of ether oxygens (including phenoxy) is 1. The molecule has 0 aliphatic rings. The zero-order chi connectivity index (χ0) is 14.2. The second-order valence-corrected chi connectivity index (χ2v) is 4.52. The maximum Gasteiger partial charge on any atom is 0.119 e. The summed E-state index contributed by atoms with van der Waals surface area (Å²) in [4.78, 5) is 0. The van der Waals surface area contributed by atoms with Gasteiger partial charge in [-0.25, -0.2) is 0 Å². The standard InChI is InChI=1S/C15H18N4O/c1-13-11-18-19(12-13)8-6-17-7-9-20-15-4-2-14(10-16)3-5-15/h2-5,11-12,17H,6-9H2,1H3. The Bertz CT molecular complexity index is 568. The molecule has 0 radical (unpaired) electrons. The van der Waals surface area contributed by atoms with Crippen molar-refractivity contribution in [2.45, 2.75) is 13.5 Å². The lowest BCUT2D eigenvalue weighted by atomic mass is 10.2. The SMILES string of the molecule is Cc1cnn(CCNCCOc2ccc(C#N)cc2)c1. The average Bonchev–Trinajstić information content (AvgIpc) is 2.89. The molecule has 5 heteroatoms. The molecule has 0 bridgehead atoms. The summed E-state index contributed by atoms with van der Waals surface area (Å²) in [7, 11) is 0. The molecule has 0 saturated heterocycles. The predicted molar refractivity (Wildman–Crippen MR) is 76.5 cm³/mol. The van der Waals surface area contributed by atoms with E-state index in [-0.39, 0.29) is 0 Å². The van der Waals surface area contributed by atoms with Crippen molar-refractivity contribution >= 4 is 0 Å². The number of nitrogens with zero attached hydrogens (tertiary/aromatic N) is 3. The van der Waals surface area contributed by atoms with Gasteiger partial charge in [0.15, 0.2) is 0 Å². The number of rotatable bonds is 7. The van der Waals surface area contributed by atoms with Gasteiger partial charge in [-0.05, 0) is 36.8 Å². The molecule has 0 aliphatic heterocycles. The Morgan fingerprint density at radius 2 is 2.10 bits per heavy atom. The summed E-state index contributed by atoms with van der Waals surface area (Å²) in [5.41, 5.74) is 1.82. The first-order chi connectivity index (χ1) is 9.78. The Balaban J connectivity index is 1.58. The Kier molecular flexibility index (Phi) is 5.15. The van der Waals surface area contributed by atoms with E-state index < -0.39 is 0 Å². The summed E-state index contributed by atoms with van der Waals surface area (Å²) < 4.78 is 7.49. The van der Waals surface area contributed by atoms with Crippen molar-refractivity contribution in [3.05, 3.63) is 47.8 Å². The van der Waals surface area contributed by atoms with Gasteiger partial charge in [0.25, 0.3) is 0 Å². The highest BCUT2D eigenvalue weighted by Crippen LogP contribution is 2.10. The van der Waals surface area contributed by atoms with Crippen LogP contribution in [-0.2, 0) is 6.54 Å². The molecule has 0 amide bonds. The van der Waals surface area contributed by atoms with Crippen LogP contribution in [0.3, 0.4) is 0 Å². The molecule has 0 aliphatic carbocycles. The molecule has 1 N–H and O–H groups in total. The molecule has 0 spiro atoms. The maximum absolute atomic E-state index is 8.69. The highest BCUT2D eigenvalue weighted by atomic mass is 16.5. The quantitative estimate of drug-likeness (QED) is 0.778. The van der Waals surface area contributed by atoms with Crippen LogP contribution in [0.2, 0.25) is 0 Å². The molecule has 20 heavy (non-hydrogen) atoms. The topological polar surface area (TPSA) is 62.9 Å². The summed E-state index contributed by atoms with van der Waals surface area (Å²) in [5.74, 6) is 0.786. The number of nitrogens with one attached hydrogen (secondary N) is 1. The van der Waals surface area contributed by atoms with Crippen LogP contribution < -0.4 is 10.1 Å². The molecule has 0 atom stereocenters. The lowest BCUT2D eigenvalue weighted by molar-refractivity contribution is 0.312. The Morgan fingerprint density at radius 1 is 1.30 bits per heavy atom. The molecule has 1 heterocycles. The van der Waals surface area contributed by atoms with Crippen molar-refractivity contribution in [3.63, 3.8) is 0 Å². The molecule has 2 aromatic rings. The van der Waals surface area contributed by atoms with Crippen LogP contribution >= 0.6 is 0 Å². The van der Waals surface area contributed by atoms with Crippen LogP contribution in [0, 0.1) is 18.3 Å². The number of hydrogen-bond donors (Lipinski definition) is 1. The van der Waals surface area contributed by atoms with Gasteiger partial charge >= 0.3 is 0 Å². The smallest absolute Gasteiger partial charge is 0.119 e. The van der Waals surface area contributed by atoms with Gasteiger partial charge < -0.3 is 10.1 Å².